The van der Waals surface area contributed by atoms with Gasteiger partial charge in [0.1, 0.15) is 12.4 Å². The minimum Gasteiger partial charge on any atom is -0.383 e. The molecule has 114 valence electrons. The van der Waals surface area contributed by atoms with E-state index in [9.17, 15) is 8.78 Å². The summed E-state index contributed by atoms with van der Waals surface area (Å²) in [5.74, 6) is 0.470. The number of halogens is 2. The molecule has 4 nitrogen and oxygen atoms in total. The maximum atomic E-state index is 12.0. The molecular weight excluding hydrogens is 264 g/mol. The zero-order valence-corrected chi connectivity index (χ0v) is 12.0. The summed E-state index contributed by atoms with van der Waals surface area (Å²) in [5, 5.41) is 3.35. The molecule has 0 saturated heterocycles. The van der Waals surface area contributed by atoms with Crippen molar-refractivity contribution in [2.45, 2.75) is 39.2 Å². The van der Waals surface area contributed by atoms with E-state index in [1.165, 1.54) is 0 Å². The number of hydrogen-bond donors (Lipinski definition) is 2. The minimum absolute atomic E-state index is 0.0278. The average Bonchev–Trinajstić information content (AvgIpc) is 2.41. The maximum Gasteiger partial charge on any atom is 0.261 e. The summed E-state index contributed by atoms with van der Waals surface area (Å²) in [6, 6.07) is 1.95. The van der Waals surface area contributed by atoms with Crippen LogP contribution in [0.1, 0.15) is 36.9 Å². The van der Waals surface area contributed by atoms with Gasteiger partial charge in [0.2, 0.25) is 0 Å². The Morgan fingerprint density at radius 1 is 1.45 bits per heavy atom. The first-order chi connectivity index (χ1) is 9.54. The molecule has 0 saturated carbocycles. The van der Waals surface area contributed by atoms with Crippen LogP contribution in [0.2, 0.25) is 0 Å². The lowest BCUT2D eigenvalue weighted by Gasteiger charge is -2.20. The Labute approximate surface area is 118 Å². The van der Waals surface area contributed by atoms with Crippen LogP contribution in [0.3, 0.4) is 0 Å². The predicted octanol–water partition coefficient (Wildman–Crippen LogP) is 2.68. The second-order valence-electron chi connectivity index (χ2n) is 4.75. The van der Waals surface area contributed by atoms with E-state index in [0.717, 1.165) is 24.1 Å². The molecule has 0 fully saturated rings. The summed E-state index contributed by atoms with van der Waals surface area (Å²) in [5.41, 5.74) is 7.82. The summed E-state index contributed by atoms with van der Waals surface area (Å²) < 4.78 is 29.0. The van der Waals surface area contributed by atoms with Gasteiger partial charge in [-0.1, -0.05) is 6.92 Å². The molecule has 1 aromatic heterocycles. The molecule has 0 aliphatic carbocycles. The van der Waals surface area contributed by atoms with Gasteiger partial charge in [0.25, 0.3) is 6.43 Å². The molecular formula is C14H23F2N3O. The van der Waals surface area contributed by atoms with Crippen molar-refractivity contribution in [2.24, 2.45) is 0 Å². The average molecular weight is 287 g/mol. The molecule has 0 aromatic carbocycles. The normalized spacial score (nSPS) is 12.8. The first kappa shape index (κ1) is 16.8. The van der Waals surface area contributed by atoms with Crippen LogP contribution >= 0.6 is 0 Å². The topological polar surface area (TPSA) is 60.2 Å². The molecule has 0 bridgehead atoms. The van der Waals surface area contributed by atoms with Crippen molar-refractivity contribution in [3.8, 4) is 0 Å². The molecule has 1 atom stereocenters. The Morgan fingerprint density at radius 2 is 2.20 bits per heavy atom. The van der Waals surface area contributed by atoms with E-state index in [0.29, 0.717) is 12.2 Å². The minimum atomic E-state index is -2.43. The molecule has 20 heavy (non-hydrogen) atoms. The highest BCUT2D eigenvalue weighted by atomic mass is 19.3. The monoisotopic (exact) mass is 287 g/mol. The number of alkyl halides is 2. The highest BCUT2D eigenvalue weighted by Crippen LogP contribution is 2.22. The fourth-order valence-electron chi connectivity index (χ4n) is 1.94. The third-order valence-electron chi connectivity index (χ3n) is 2.90. The van der Waals surface area contributed by atoms with Crippen LogP contribution in [0.4, 0.5) is 14.6 Å². The van der Waals surface area contributed by atoms with Gasteiger partial charge in [-0.05, 0) is 37.9 Å². The Balaban J connectivity index is 2.65. The van der Waals surface area contributed by atoms with Crippen LogP contribution in [0.5, 0.6) is 0 Å². The van der Waals surface area contributed by atoms with E-state index in [4.69, 9.17) is 10.5 Å². The maximum absolute atomic E-state index is 12.0. The van der Waals surface area contributed by atoms with E-state index >= 15 is 0 Å². The number of nitrogens with two attached hydrogens (primary N) is 1. The Hall–Kier alpha value is -1.27. The lowest BCUT2D eigenvalue weighted by Crippen LogP contribution is -2.25. The van der Waals surface area contributed by atoms with Crippen molar-refractivity contribution in [1.29, 1.82) is 0 Å². The van der Waals surface area contributed by atoms with Crippen LogP contribution in [0.25, 0.3) is 0 Å². The number of aromatic nitrogens is 1. The number of nitrogens with one attached hydrogen (secondary N) is 1. The van der Waals surface area contributed by atoms with Gasteiger partial charge in [-0.25, -0.2) is 13.8 Å². The number of ether oxygens (including phenoxy) is 1. The van der Waals surface area contributed by atoms with Crippen LogP contribution in [0, 0.1) is 6.92 Å². The molecule has 6 heteroatoms. The molecule has 0 aliphatic rings. The van der Waals surface area contributed by atoms with E-state index < -0.39 is 13.0 Å². The SMILES string of the molecule is CCCNC(CCOCC(F)F)c1cc(C)cnc1N. The molecule has 1 rings (SSSR count). The zero-order valence-electron chi connectivity index (χ0n) is 12.0. The smallest absolute Gasteiger partial charge is 0.261 e. The Kier molecular flexibility index (Phi) is 7.40. The lowest BCUT2D eigenvalue weighted by molar-refractivity contribution is 0.0144. The number of rotatable bonds is 9. The third kappa shape index (κ3) is 5.79. The largest absolute Gasteiger partial charge is 0.383 e. The summed E-state index contributed by atoms with van der Waals surface area (Å²) in [4.78, 5) is 4.14. The number of hydrogen-bond acceptors (Lipinski definition) is 4. The van der Waals surface area contributed by atoms with Crippen molar-refractivity contribution in [1.82, 2.24) is 10.3 Å². The van der Waals surface area contributed by atoms with E-state index in [1.54, 1.807) is 6.20 Å². The van der Waals surface area contributed by atoms with Crippen LogP contribution in [0.15, 0.2) is 12.3 Å². The highest BCUT2D eigenvalue weighted by Gasteiger charge is 2.15. The second kappa shape index (κ2) is 8.81. The standard InChI is InChI=1S/C14H23F2N3O/c1-3-5-18-12(4-6-20-9-13(15)16)11-7-10(2)8-19-14(11)17/h7-8,12-13,18H,3-6,9H2,1-2H3,(H2,17,19). The zero-order chi connectivity index (χ0) is 15.0. The van der Waals surface area contributed by atoms with Gasteiger partial charge < -0.3 is 15.8 Å². The molecule has 1 heterocycles. The summed E-state index contributed by atoms with van der Waals surface area (Å²) in [6.07, 6.45) is 0.848. The van der Waals surface area contributed by atoms with Gasteiger partial charge in [0, 0.05) is 24.4 Å². The lowest BCUT2D eigenvalue weighted by atomic mass is 10.0. The van der Waals surface area contributed by atoms with Crippen LogP contribution in [-0.4, -0.2) is 31.2 Å². The van der Waals surface area contributed by atoms with Gasteiger partial charge in [-0.2, -0.15) is 0 Å². The van der Waals surface area contributed by atoms with Crippen molar-refractivity contribution < 1.29 is 13.5 Å². The highest BCUT2D eigenvalue weighted by molar-refractivity contribution is 5.42. The number of anilines is 1. The van der Waals surface area contributed by atoms with E-state index in [-0.39, 0.29) is 12.6 Å². The fraction of sp³-hybridized carbons (Fsp3) is 0.643. The number of nitrogen functional groups attached to an aromatic ring is 1. The summed E-state index contributed by atoms with van der Waals surface area (Å²) >= 11 is 0. The van der Waals surface area contributed by atoms with Crippen molar-refractivity contribution in [3.05, 3.63) is 23.4 Å². The van der Waals surface area contributed by atoms with Crippen molar-refractivity contribution in [2.75, 3.05) is 25.5 Å². The summed E-state index contributed by atoms with van der Waals surface area (Å²) in [7, 11) is 0. The molecule has 0 spiro atoms. The molecule has 0 radical (unpaired) electrons. The van der Waals surface area contributed by atoms with Gasteiger partial charge >= 0.3 is 0 Å². The van der Waals surface area contributed by atoms with Crippen molar-refractivity contribution in [3.63, 3.8) is 0 Å². The van der Waals surface area contributed by atoms with Gasteiger partial charge in [-0.15, -0.1) is 0 Å². The molecule has 3 N–H and O–H groups in total. The number of nitrogens with zero attached hydrogens (tertiary/aromatic N) is 1. The Morgan fingerprint density at radius 3 is 2.85 bits per heavy atom. The van der Waals surface area contributed by atoms with E-state index in [1.807, 2.05) is 13.0 Å². The van der Waals surface area contributed by atoms with Crippen LogP contribution < -0.4 is 11.1 Å². The quantitative estimate of drug-likeness (QED) is 0.686. The summed E-state index contributed by atoms with van der Waals surface area (Å²) in [6.45, 7) is 4.57. The molecule has 0 amide bonds. The second-order valence-corrected chi connectivity index (χ2v) is 4.75. The molecule has 1 aromatic rings. The van der Waals surface area contributed by atoms with Gasteiger partial charge in [0.15, 0.2) is 0 Å². The first-order valence-corrected chi connectivity index (χ1v) is 6.85. The van der Waals surface area contributed by atoms with E-state index in [2.05, 4.69) is 17.2 Å². The molecule has 0 aliphatic heterocycles. The van der Waals surface area contributed by atoms with Gasteiger partial charge in [0.05, 0.1) is 0 Å². The van der Waals surface area contributed by atoms with Crippen LogP contribution in [-0.2, 0) is 4.74 Å². The predicted molar refractivity (Wildman–Crippen MR) is 75.9 cm³/mol. The fourth-order valence-corrected chi connectivity index (χ4v) is 1.94. The Bertz CT molecular complexity index is 402. The first-order valence-electron chi connectivity index (χ1n) is 6.85. The number of aryl methyl sites for hydroxylation is 1. The van der Waals surface area contributed by atoms with Gasteiger partial charge in [-0.3, -0.25) is 0 Å². The molecule has 1 unspecified atom stereocenters. The third-order valence-corrected chi connectivity index (χ3v) is 2.90. The number of pyridine rings is 1. The van der Waals surface area contributed by atoms with Crippen molar-refractivity contribution >= 4 is 5.82 Å².